The van der Waals surface area contributed by atoms with Crippen molar-refractivity contribution >= 4 is 28.1 Å². The van der Waals surface area contributed by atoms with Gasteiger partial charge in [0.15, 0.2) is 5.13 Å². The molecule has 2 heterocycles. The molecule has 0 saturated carbocycles. The van der Waals surface area contributed by atoms with E-state index in [1.54, 1.807) is 11.3 Å². The molecule has 1 unspecified atom stereocenters. The summed E-state index contributed by atoms with van der Waals surface area (Å²) < 4.78 is 0. The maximum absolute atomic E-state index is 11.1. The molecule has 1 aromatic carbocycles. The van der Waals surface area contributed by atoms with Gasteiger partial charge < -0.3 is 16.0 Å². The third-order valence-corrected chi connectivity index (χ3v) is 4.80. The van der Waals surface area contributed by atoms with Crippen molar-refractivity contribution in [2.45, 2.75) is 32.7 Å². The zero-order chi connectivity index (χ0) is 16.2. The van der Waals surface area contributed by atoms with Gasteiger partial charge in [0.05, 0.1) is 5.69 Å². The molecule has 5 nitrogen and oxygen atoms in total. The zero-order valence-electron chi connectivity index (χ0n) is 13.5. The summed E-state index contributed by atoms with van der Waals surface area (Å²) in [6.07, 6.45) is 2.39. The van der Waals surface area contributed by atoms with Gasteiger partial charge in [0, 0.05) is 35.6 Å². The van der Waals surface area contributed by atoms with Crippen LogP contribution < -0.4 is 16.0 Å². The van der Waals surface area contributed by atoms with Gasteiger partial charge in [0.25, 0.3) is 0 Å². The number of rotatable bonds is 4. The van der Waals surface area contributed by atoms with Crippen LogP contribution in [0, 0.1) is 6.92 Å². The smallest absolute Gasteiger partial charge is 0.221 e. The summed E-state index contributed by atoms with van der Waals surface area (Å²) in [6, 6.07) is 8.28. The first-order valence-electron chi connectivity index (χ1n) is 7.94. The van der Waals surface area contributed by atoms with Crippen LogP contribution in [0.5, 0.6) is 0 Å². The minimum absolute atomic E-state index is 0.0600. The molecule has 1 saturated heterocycles. The van der Waals surface area contributed by atoms with Crippen molar-refractivity contribution in [3.8, 4) is 11.3 Å². The Morgan fingerprint density at radius 3 is 2.78 bits per heavy atom. The fraction of sp³-hybridized carbons (Fsp3) is 0.412. The highest BCUT2D eigenvalue weighted by atomic mass is 32.1. The van der Waals surface area contributed by atoms with E-state index in [1.165, 1.54) is 24.6 Å². The van der Waals surface area contributed by atoms with Crippen molar-refractivity contribution in [3.63, 3.8) is 0 Å². The molecule has 1 aliphatic rings. The van der Waals surface area contributed by atoms with Crippen LogP contribution >= 0.6 is 11.3 Å². The molecule has 0 bridgehead atoms. The number of piperidine rings is 1. The molecule has 0 aliphatic carbocycles. The number of benzene rings is 1. The summed E-state index contributed by atoms with van der Waals surface area (Å²) in [5.74, 6) is -0.0600. The molecule has 1 aromatic heterocycles. The maximum atomic E-state index is 11.1. The van der Waals surface area contributed by atoms with Crippen molar-refractivity contribution in [1.82, 2.24) is 10.3 Å². The van der Waals surface area contributed by atoms with Gasteiger partial charge >= 0.3 is 0 Å². The number of hydrogen-bond donors (Lipinski definition) is 3. The summed E-state index contributed by atoms with van der Waals surface area (Å²) in [7, 11) is 0. The number of aryl methyl sites for hydroxylation is 1. The minimum Gasteiger partial charge on any atom is -0.357 e. The van der Waals surface area contributed by atoms with Gasteiger partial charge in [0.1, 0.15) is 0 Å². The van der Waals surface area contributed by atoms with E-state index in [4.69, 9.17) is 4.98 Å². The van der Waals surface area contributed by atoms with E-state index in [2.05, 4.69) is 22.9 Å². The fourth-order valence-electron chi connectivity index (χ4n) is 2.79. The molecule has 0 radical (unpaired) electrons. The maximum Gasteiger partial charge on any atom is 0.221 e. The second kappa shape index (κ2) is 7.10. The fourth-order valence-corrected chi connectivity index (χ4v) is 3.70. The number of hydrogen-bond acceptors (Lipinski definition) is 5. The molecule has 6 heteroatoms. The number of carbonyl (C=O) groups excluding carboxylic acids is 1. The molecule has 0 spiro atoms. The van der Waals surface area contributed by atoms with Crippen molar-refractivity contribution in [2.24, 2.45) is 0 Å². The van der Waals surface area contributed by atoms with Crippen molar-refractivity contribution < 1.29 is 4.79 Å². The SMILES string of the molecule is CC(=O)Nc1ccc(-c2nc(NC3CCCNC3)sc2C)cc1. The van der Waals surface area contributed by atoms with Crippen LogP contribution in [-0.2, 0) is 4.79 Å². The molecule has 122 valence electrons. The third-order valence-electron chi connectivity index (χ3n) is 3.90. The molecule has 3 rings (SSSR count). The number of amides is 1. The van der Waals surface area contributed by atoms with Crippen molar-refractivity contribution in [3.05, 3.63) is 29.1 Å². The predicted molar refractivity (Wildman–Crippen MR) is 96.1 cm³/mol. The highest BCUT2D eigenvalue weighted by molar-refractivity contribution is 7.16. The monoisotopic (exact) mass is 330 g/mol. The molecule has 1 amide bonds. The first-order chi connectivity index (χ1) is 11.1. The summed E-state index contributed by atoms with van der Waals surface area (Å²) in [6.45, 7) is 5.72. The van der Waals surface area contributed by atoms with Gasteiger partial charge in [-0.25, -0.2) is 4.98 Å². The number of aromatic nitrogens is 1. The van der Waals surface area contributed by atoms with E-state index < -0.39 is 0 Å². The average molecular weight is 330 g/mol. The van der Waals surface area contributed by atoms with E-state index in [1.807, 2.05) is 24.3 Å². The van der Waals surface area contributed by atoms with Crippen LogP contribution in [0.4, 0.5) is 10.8 Å². The Morgan fingerprint density at radius 1 is 1.35 bits per heavy atom. The van der Waals surface area contributed by atoms with Crippen LogP contribution in [0.25, 0.3) is 11.3 Å². The highest BCUT2D eigenvalue weighted by Gasteiger charge is 2.16. The lowest BCUT2D eigenvalue weighted by molar-refractivity contribution is -0.114. The van der Waals surface area contributed by atoms with Crippen LogP contribution in [0.2, 0.25) is 0 Å². The van der Waals surface area contributed by atoms with Gasteiger partial charge in [-0.05, 0) is 38.4 Å². The highest BCUT2D eigenvalue weighted by Crippen LogP contribution is 2.31. The van der Waals surface area contributed by atoms with Crippen molar-refractivity contribution in [2.75, 3.05) is 23.7 Å². The molecule has 1 fully saturated rings. The minimum atomic E-state index is -0.0600. The van der Waals surface area contributed by atoms with Crippen LogP contribution in [0.3, 0.4) is 0 Å². The lowest BCUT2D eigenvalue weighted by atomic mass is 10.1. The molecule has 23 heavy (non-hydrogen) atoms. The Balaban J connectivity index is 1.73. The molecule has 2 aromatic rings. The summed E-state index contributed by atoms with van der Waals surface area (Å²) in [5.41, 5.74) is 2.89. The second-order valence-electron chi connectivity index (χ2n) is 5.87. The Kier molecular flexibility index (Phi) is 4.93. The number of thiazole rings is 1. The van der Waals surface area contributed by atoms with E-state index in [9.17, 15) is 4.79 Å². The van der Waals surface area contributed by atoms with Gasteiger partial charge in [-0.1, -0.05) is 12.1 Å². The molecule has 1 aliphatic heterocycles. The lowest BCUT2D eigenvalue weighted by Gasteiger charge is -2.23. The molecule has 3 N–H and O–H groups in total. The Morgan fingerprint density at radius 2 is 2.13 bits per heavy atom. The van der Waals surface area contributed by atoms with Gasteiger partial charge in [-0.2, -0.15) is 0 Å². The van der Waals surface area contributed by atoms with Gasteiger partial charge in [-0.15, -0.1) is 11.3 Å². The molecular weight excluding hydrogens is 308 g/mol. The van der Waals surface area contributed by atoms with E-state index in [0.29, 0.717) is 6.04 Å². The lowest BCUT2D eigenvalue weighted by Crippen LogP contribution is -2.38. The first-order valence-corrected chi connectivity index (χ1v) is 8.76. The van der Waals surface area contributed by atoms with Crippen molar-refractivity contribution in [1.29, 1.82) is 0 Å². The number of carbonyl (C=O) groups is 1. The van der Waals surface area contributed by atoms with E-state index >= 15 is 0 Å². The number of anilines is 2. The standard InChI is InChI=1S/C17H22N4OS/c1-11-16(13-5-7-14(8-6-13)19-12(2)22)21-17(23-11)20-15-4-3-9-18-10-15/h5-8,15,18H,3-4,9-10H2,1-2H3,(H,19,22)(H,20,21). The van der Waals surface area contributed by atoms with E-state index in [-0.39, 0.29) is 5.91 Å². The van der Waals surface area contributed by atoms with E-state index in [0.717, 1.165) is 35.2 Å². The van der Waals surface area contributed by atoms with Crippen LogP contribution in [0.1, 0.15) is 24.6 Å². The largest absolute Gasteiger partial charge is 0.357 e. The Bertz CT molecular complexity index is 674. The second-order valence-corrected chi connectivity index (χ2v) is 7.07. The van der Waals surface area contributed by atoms with Gasteiger partial charge in [-0.3, -0.25) is 4.79 Å². The average Bonchev–Trinajstić information content (AvgIpc) is 2.89. The quantitative estimate of drug-likeness (QED) is 0.805. The summed E-state index contributed by atoms with van der Waals surface area (Å²) >= 11 is 1.70. The first kappa shape index (κ1) is 16.0. The molecule has 1 atom stereocenters. The Hall–Kier alpha value is -1.92. The van der Waals surface area contributed by atoms with Crippen LogP contribution in [0.15, 0.2) is 24.3 Å². The zero-order valence-corrected chi connectivity index (χ0v) is 14.3. The van der Waals surface area contributed by atoms with Gasteiger partial charge in [0.2, 0.25) is 5.91 Å². The number of nitrogens with zero attached hydrogens (tertiary/aromatic N) is 1. The number of nitrogens with one attached hydrogen (secondary N) is 3. The third kappa shape index (κ3) is 4.09. The molecular formula is C17H22N4OS. The summed E-state index contributed by atoms with van der Waals surface area (Å²) in [5, 5.41) is 10.7. The normalized spacial score (nSPS) is 17.7. The predicted octanol–water partition coefficient (Wildman–Crippen LogP) is 3.24. The van der Waals surface area contributed by atoms with Crippen LogP contribution in [-0.4, -0.2) is 30.0 Å². The summed E-state index contributed by atoms with van der Waals surface area (Å²) in [4.78, 5) is 17.0. The Labute approximate surface area is 140 Å². The topological polar surface area (TPSA) is 66.0 Å².